The molecule has 2 aromatic carbocycles. The Balaban J connectivity index is 1.24. The number of aromatic nitrogens is 6. The van der Waals surface area contributed by atoms with E-state index in [0.717, 1.165) is 22.2 Å². The van der Waals surface area contributed by atoms with Crippen LogP contribution in [-0.4, -0.2) is 37.2 Å². The fourth-order valence-electron chi connectivity index (χ4n) is 3.38. The molecule has 166 valence electrons. The number of hydrogen-bond acceptors (Lipinski definition) is 7. The number of nitrogens with one attached hydrogen (secondary N) is 3. The fraction of sp³-hybridized carbons (Fsp3) is 0.130. The van der Waals surface area contributed by atoms with E-state index in [9.17, 15) is 0 Å². The minimum absolute atomic E-state index is 0.445. The van der Waals surface area contributed by atoms with Gasteiger partial charge in [0.05, 0.1) is 16.9 Å². The Kier molecular flexibility index (Phi) is 5.77. The van der Waals surface area contributed by atoms with Gasteiger partial charge in [0.25, 0.3) is 0 Å². The predicted molar refractivity (Wildman–Crippen MR) is 128 cm³/mol. The van der Waals surface area contributed by atoms with Crippen LogP contribution in [0.4, 0.5) is 17.6 Å². The van der Waals surface area contributed by atoms with Crippen molar-refractivity contribution in [2.24, 2.45) is 0 Å². The zero-order valence-electron chi connectivity index (χ0n) is 17.8. The second-order valence-corrected chi connectivity index (χ2v) is 7.83. The number of ether oxygens (including phenoxy) is 1. The van der Waals surface area contributed by atoms with Gasteiger partial charge in [0.1, 0.15) is 23.8 Å². The van der Waals surface area contributed by atoms with Crippen LogP contribution in [0.2, 0.25) is 5.02 Å². The number of H-pyrrole nitrogens is 2. The minimum atomic E-state index is 0.445. The summed E-state index contributed by atoms with van der Waals surface area (Å²) in [7, 11) is 1.91. The largest absolute Gasteiger partial charge is 0.472 e. The van der Waals surface area contributed by atoms with Crippen molar-refractivity contribution in [1.29, 1.82) is 0 Å². The number of benzene rings is 2. The Labute approximate surface area is 194 Å². The monoisotopic (exact) mass is 460 g/mol. The number of aromatic amines is 2. The first-order valence-corrected chi connectivity index (χ1v) is 10.7. The molecule has 0 saturated heterocycles. The van der Waals surface area contributed by atoms with Gasteiger partial charge in [-0.3, -0.25) is 5.10 Å². The van der Waals surface area contributed by atoms with E-state index in [4.69, 9.17) is 16.3 Å². The molecule has 3 N–H and O–H groups in total. The average Bonchev–Trinajstić information content (AvgIpc) is 3.50. The average molecular weight is 461 g/mol. The van der Waals surface area contributed by atoms with E-state index < -0.39 is 0 Å². The van der Waals surface area contributed by atoms with Crippen molar-refractivity contribution in [2.75, 3.05) is 17.3 Å². The first-order valence-electron chi connectivity index (χ1n) is 10.3. The molecule has 5 rings (SSSR count). The lowest BCUT2D eigenvalue weighted by molar-refractivity contribution is 0.293. The van der Waals surface area contributed by atoms with Gasteiger partial charge in [-0.1, -0.05) is 48.0 Å². The van der Waals surface area contributed by atoms with Gasteiger partial charge in [0.15, 0.2) is 0 Å². The molecule has 0 spiro atoms. The van der Waals surface area contributed by atoms with E-state index in [1.54, 1.807) is 24.7 Å². The van der Waals surface area contributed by atoms with Crippen molar-refractivity contribution in [3.63, 3.8) is 0 Å². The molecule has 33 heavy (non-hydrogen) atoms. The third-order valence-corrected chi connectivity index (χ3v) is 5.47. The van der Waals surface area contributed by atoms with Crippen molar-refractivity contribution in [3.05, 3.63) is 83.3 Å². The van der Waals surface area contributed by atoms with Gasteiger partial charge in [-0.2, -0.15) is 4.98 Å². The summed E-state index contributed by atoms with van der Waals surface area (Å²) in [4.78, 5) is 18.3. The number of rotatable bonds is 8. The smallest absolute Gasteiger partial charge is 0.235 e. The van der Waals surface area contributed by atoms with E-state index in [1.165, 1.54) is 0 Å². The highest BCUT2D eigenvalue weighted by Gasteiger charge is 2.13. The molecule has 0 fully saturated rings. The zero-order valence-corrected chi connectivity index (χ0v) is 18.5. The second kappa shape index (κ2) is 9.17. The van der Waals surface area contributed by atoms with E-state index in [0.29, 0.717) is 41.6 Å². The van der Waals surface area contributed by atoms with Crippen LogP contribution in [0.5, 0.6) is 5.88 Å². The maximum Gasteiger partial charge on any atom is 0.235 e. The molecule has 0 saturated carbocycles. The molecule has 3 heterocycles. The van der Waals surface area contributed by atoms with Crippen LogP contribution in [0.15, 0.2) is 67.1 Å². The third-order valence-electron chi connectivity index (χ3n) is 5.05. The molecular formula is C23H21ClN8O. The van der Waals surface area contributed by atoms with Gasteiger partial charge < -0.3 is 19.9 Å². The standard InChI is InChI=1S/C23H21ClN8O/c1-32(12-16-7-8-17-22(21(16)24)27-14-26-17)23-25-10-9-18(29-23)28-19-11-20(31-30-19)33-13-15-5-3-2-4-6-15/h2-11,14H,12-13H2,1H3,(H,26,27)(H2,25,28,29,30,31). The molecule has 0 bridgehead atoms. The molecule has 9 nitrogen and oxygen atoms in total. The second-order valence-electron chi connectivity index (χ2n) is 7.45. The van der Waals surface area contributed by atoms with Gasteiger partial charge in [-0.05, 0) is 23.3 Å². The van der Waals surface area contributed by atoms with Crippen molar-refractivity contribution in [1.82, 2.24) is 30.1 Å². The molecule has 10 heteroatoms. The van der Waals surface area contributed by atoms with Crippen LogP contribution in [0, 0.1) is 0 Å². The third kappa shape index (κ3) is 4.73. The Morgan fingerprint density at radius 3 is 2.85 bits per heavy atom. The summed E-state index contributed by atoms with van der Waals surface area (Å²) in [6.45, 7) is 0.979. The Hall–Kier alpha value is -4.11. The van der Waals surface area contributed by atoms with Crippen LogP contribution in [0.1, 0.15) is 11.1 Å². The summed E-state index contributed by atoms with van der Waals surface area (Å²) in [5.74, 6) is 2.34. The van der Waals surface area contributed by atoms with Gasteiger partial charge in [-0.25, -0.2) is 9.97 Å². The minimum Gasteiger partial charge on any atom is -0.472 e. The van der Waals surface area contributed by atoms with Crippen LogP contribution >= 0.6 is 11.6 Å². The van der Waals surface area contributed by atoms with Crippen LogP contribution in [-0.2, 0) is 13.2 Å². The normalized spacial score (nSPS) is 11.0. The lowest BCUT2D eigenvalue weighted by Crippen LogP contribution is -2.19. The van der Waals surface area contributed by atoms with Crippen molar-refractivity contribution < 1.29 is 4.74 Å². The zero-order chi connectivity index (χ0) is 22.6. The van der Waals surface area contributed by atoms with Gasteiger partial charge >= 0.3 is 0 Å². The maximum atomic E-state index is 6.53. The lowest BCUT2D eigenvalue weighted by atomic mass is 10.2. The predicted octanol–water partition coefficient (Wildman–Crippen LogP) is 4.69. The Morgan fingerprint density at radius 2 is 1.97 bits per heavy atom. The van der Waals surface area contributed by atoms with Crippen molar-refractivity contribution in [2.45, 2.75) is 13.2 Å². The Bertz CT molecular complexity index is 1370. The molecule has 0 aliphatic heterocycles. The van der Waals surface area contributed by atoms with Crippen LogP contribution in [0.3, 0.4) is 0 Å². The van der Waals surface area contributed by atoms with Crippen molar-refractivity contribution in [3.8, 4) is 5.88 Å². The molecule has 0 unspecified atom stereocenters. The van der Waals surface area contributed by atoms with E-state index in [-0.39, 0.29) is 0 Å². The molecule has 0 radical (unpaired) electrons. The SMILES string of the molecule is CN(Cc1ccc2[nH]cnc2c1Cl)c1nccc(Nc2cc(OCc3ccccc3)n[nH]2)n1. The lowest BCUT2D eigenvalue weighted by Gasteiger charge is -2.18. The molecule has 5 aromatic rings. The number of nitrogens with zero attached hydrogens (tertiary/aromatic N) is 5. The molecule has 0 aliphatic rings. The summed E-state index contributed by atoms with van der Waals surface area (Å²) in [6.07, 6.45) is 3.33. The first kappa shape index (κ1) is 20.8. The number of anilines is 3. The number of halogens is 1. The summed E-state index contributed by atoms with van der Waals surface area (Å²) in [5, 5.41) is 10.9. The summed E-state index contributed by atoms with van der Waals surface area (Å²) in [6, 6.07) is 17.4. The molecule has 3 aromatic heterocycles. The molecule has 0 atom stereocenters. The molecule has 0 aliphatic carbocycles. The Morgan fingerprint density at radius 1 is 1.09 bits per heavy atom. The summed E-state index contributed by atoms with van der Waals surface area (Å²) >= 11 is 6.53. The van der Waals surface area contributed by atoms with Crippen LogP contribution < -0.4 is 15.0 Å². The molecular weight excluding hydrogens is 440 g/mol. The molecule has 0 amide bonds. The highest BCUT2D eigenvalue weighted by Crippen LogP contribution is 2.27. The number of fused-ring (bicyclic) bond motifs is 1. The highest BCUT2D eigenvalue weighted by molar-refractivity contribution is 6.35. The van der Waals surface area contributed by atoms with E-state index in [2.05, 4.69) is 35.5 Å². The van der Waals surface area contributed by atoms with Crippen LogP contribution in [0.25, 0.3) is 11.0 Å². The summed E-state index contributed by atoms with van der Waals surface area (Å²) in [5.41, 5.74) is 3.67. The number of hydrogen-bond donors (Lipinski definition) is 3. The number of imidazole rings is 1. The fourth-order valence-corrected chi connectivity index (χ4v) is 3.65. The van der Waals surface area contributed by atoms with Gasteiger partial charge in [0, 0.05) is 25.9 Å². The van der Waals surface area contributed by atoms with Crippen molar-refractivity contribution >= 4 is 40.2 Å². The van der Waals surface area contributed by atoms with E-state index >= 15 is 0 Å². The topological polar surface area (TPSA) is 108 Å². The quantitative estimate of drug-likeness (QED) is 0.308. The van der Waals surface area contributed by atoms with E-state index in [1.807, 2.05) is 54.4 Å². The first-order chi connectivity index (χ1) is 16.2. The highest BCUT2D eigenvalue weighted by atomic mass is 35.5. The summed E-state index contributed by atoms with van der Waals surface area (Å²) < 4.78 is 5.73. The van der Waals surface area contributed by atoms with Gasteiger partial charge in [-0.15, -0.1) is 5.10 Å². The maximum absolute atomic E-state index is 6.53. The van der Waals surface area contributed by atoms with Gasteiger partial charge in [0.2, 0.25) is 11.8 Å².